The number of fused-ring (bicyclic) bond motifs is 6. The van der Waals surface area contributed by atoms with E-state index in [1.807, 2.05) is 30.3 Å². The third-order valence-electron chi connectivity index (χ3n) is 9.62. The van der Waals surface area contributed by atoms with Crippen LogP contribution in [0, 0.1) is 5.82 Å². The molecule has 10 rings (SSSR count). The van der Waals surface area contributed by atoms with E-state index in [1.54, 1.807) is 12.1 Å². The zero-order valence-corrected chi connectivity index (χ0v) is 31.9. The first-order valence-electron chi connectivity index (χ1n) is 17.6. The predicted molar refractivity (Wildman–Crippen MR) is 228 cm³/mol. The van der Waals surface area contributed by atoms with Crippen LogP contribution in [-0.2, 0) is 6.42 Å². The minimum absolute atomic E-state index is 0.185. The number of nitrogens with zero attached hydrogens (tertiary/aromatic N) is 1. The summed E-state index contributed by atoms with van der Waals surface area (Å²) in [6.45, 7) is 0. The van der Waals surface area contributed by atoms with Gasteiger partial charge in [-0.3, -0.25) is 0 Å². The minimum Gasteiger partial charge on any atom is -0.309 e. The van der Waals surface area contributed by atoms with Crippen molar-refractivity contribution in [2.75, 3.05) is 0 Å². The number of halogens is 3. The summed E-state index contributed by atoms with van der Waals surface area (Å²) in [4.78, 5) is 0. The lowest BCUT2D eigenvalue weighted by molar-refractivity contribution is 0.631. The highest BCUT2D eigenvalue weighted by molar-refractivity contribution is 9.10. The molecule has 1 aliphatic rings. The van der Waals surface area contributed by atoms with Crippen LogP contribution in [-0.4, -0.2) is 4.57 Å². The summed E-state index contributed by atoms with van der Waals surface area (Å²) in [7, 11) is 0. The van der Waals surface area contributed by atoms with Crippen molar-refractivity contribution < 1.29 is 4.39 Å². The number of para-hydroxylation sites is 3. The molecule has 1 aliphatic carbocycles. The fraction of sp³-hybridized carbons (Fsp3) is 0.0204. The molecular weight excluding hydrogens is 781 g/mol. The monoisotopic (exact) mass is 813 g/mol. The van der Waals surface area contributed by atoms with Gasteiger partial charge >= 0.3 is 0 Å². The highest BCUT2D eigenvalue weighted by Gasteiger charge is 2.16. The van der Waals surface area contributed by atoms with Gasteiger partial charge in [0.25, 0.3) is 0 Å². The van der Waals surface area contributed by atoms with E-state index >= 15 is 0 Å². The van der Waals surface area contributed by atoms with Crippen molar-refractivity contribution >= 4 is 53.7 Å². The summed E-state index contributed by atoms with van der Waals surface area (Å²) in [6, 6.07) is 66.1. The molecule has 0 atom stereocenters. The maximum Gasteiger partial charge on any atom is 0.131 e. The maximum atomic E-state index is 13.4. The van der Waals surface area contributed by atoms with Crippen molar-refractivity contribution in [1.29, 1.82) is 0 Å². The van der Waals surface area contributed by atoms with Crippen molar-refractivity contribution in [3.05, 3.63) is 220 Å². The van der Waals surface area contributed by atoms with Crippen LogP contribution in [0.15, 0.2) is 203 Å². The highest BCUT2D eigenvalue weighted by atomic mass is 79.9. The number of aromatic nitrogens is 1. The number of hydrogen-bond donors (Lipinski definition) is 0. The Morgan fingerprint density at radius 1 is 0.377 bits per heavy atom. The Hall–Kier alpha value is -5.55. The van der Waals surface area contributed by atoms with E-state index in [9.17, 15) is 4.39 Å². The molecular formula is C49H34Br2FN. The lowest BCUT2D eigenvalue weighted by Gasteiger charge is -2.14. The van der Waals surface area contributed by atoms with E-state index in [2.05, 4.69) is 182 Å². The van der Waals surface area contributed by atoms with Gasteiger partial charge in [0.2, 0.25) is 0 Å². The molecule has 1 aromatic heterocycles. The van der Waals surface area contributed by atoms with Crippen LogP contribution in [0.1, 0.15) is 11.1 Å². The molecule has 1 heterocycles. The van der Waals surface area contributed by atoms with E-state index < -0.39 is 0 Å². The Bertz CT molecular complexity index is 2580. The SMILES string of the molecule is Brc1ccc(-c2ccccc2-n2c3ccccc3c3ccccc32)cc1.Fc1ccccc1-c1ccc(Br)cc1.c1ccc2c(c1)Cc1ccccc1-2. The average molecular weight is 816 g/mol. The molecule has 9 aromatic rings. The molecule has 0 saturated heterocycles. The lowest BCUT2D eigenvalue weighted by atomic mass is 10.0. The van der Waals surface area contributed by atoms with Crippen LogP contribution in [0.3, 0.4) is 0 Å². The number of hydrogen-bond acceptors (Lipinski definition) is 0. The molecule has 0 bridgehead atoms. The Morgan fingerprint density at radius 2 is 0.774 bits per heavy atom. The van der Waals surface area contributed by atoms with E-state index in [1.165, 1.54) is 66.9 Å². The molecule has 0 radical (unpaired) electrons. The molecule has 0 N–H and O–H groups in total. The summed E-state index contributed by atoms with van der Waals surface area (Å²) < 4.78 is 17.8. The minimum atomic E-state index is -0.185. The molecule has 0 fully saturated rings. The third kappa shape index (κ3) is 7.26. The standard InChI is InChI=1S/C24H16BrN.C13H10.C12H8BrF/c25-18-15-13-17(14-16-18)19-7-1-4-10-22(19)26-23-11-5-2-8-20(23)21-9-3-6-12-24(21)26;1-3-7-12-10(5-1)9-11-6-2-4-8-13(11)12;13-10-7-5-9(6-8-10)11-3-1-2-4-12(11)14/h1-16H;1-8H,9H2;1-8H. The Kier molecular flexibility index (Phi) is 10.2. The Labute approximate surface area is 326 Å². The molecule has 0 saturated carbocycles. The summed E-state index contributed by atoms with van der Waals surface area (Å²) >= 11 is 6.88. The first-order chi connectivity index (χ1) is 26.0. The van der Waals surface area contributed by atoms with Gasteiger partial charge in [-0.15, -0.1) is 0 Å². The quantitative estimate of drug-likeness (QED) is 0.167. The van der Waals surface area contributed by atoms with Crippen molar-refractivity contribution in [3.8, 4) is 39.1 Å². The van der Waals surface area contributed by atoms with Crippen LogP contribution in [0.25, 0.3) is 60.9 Å². The first kappa shape index (κ1) is 34.5. The molecule has 0 spiro atoms. The second kappa shape index (κ2) is 15.6. The van der Waals surface area contributed by atoms with Gasteiger partial charge < -0.3 is 4.57 Å². The second-order valence-electron chi connectivity index (χ2n) is 12.9. The van der Waals surface area contributed by atoms with Gasteiger partial charge in [-0.1, -0.05) is 177 Å². The molecule has 53 heavy (non-hydrogen) atoms. The first-order valence-corrected chi connectivity index (χ1v) is 19.1. The van der Waals surface area contributed by atoms with Gasteiger partial charge in [0.05, 0.1) is 16.7 Å². The van der Waals surface area contributed by atoms with E-state index in [0.29, 0.717) is 5.56 Å². The topological polar surface area (TPSA) is 4.93 Å². The molecule has 4 heteroatoms. The fourth-order valence-electron chi connectivity index (χ4n) is 7.13. The normalized spacial score (nSPS) is 11.2. The lowest BCUT2D eigenvalue weighted by Crippen LogP contribution is -1.96. The van der Waals surface area contributed by atoms with Crippen molar-refractivity contribution in [1.82, 2.24) is 4.57 Å². The zero-order valence-electron chi connectivity index (χ0n) is 28.8. The highest BCUT2D eigenvalue weighted by Crippen LogP contribution is 2.37. The van der Waals surface area contributed by atoms with Gasteiger partial charge in [-0.05, 0) is 88.3 Å². The van der Waals surface area contributed by atoms with Crippen LogP contribution in [0.4, 0.5) is 4.39 Å². The summed E-state index contributed by atoms with van der Waals surface area (Å²) in [5.41, 5.74) is 13.4. The summed E-state index contributed by atoms with van der Waals surface area (Å²) in [6.07, 6.45) is 1.10. The largest absolute Gasteiger partial charge is 0.309 e. The maximum absolute atomic E-state index is 13.4. The average Bonchev–Trinajstić information content (AvgIpc) is 3.75. The summed E-state index contributed by atoms with van der Waals surface area (Å²) in [5, 5.41) is 2.57. The van der Waals surface area contributed by atoms with Crippen molar-refractivity contribution in [2.45, 2.75) is 6.42 Å². The Morgan fingerprint density at radius 3 is 1.30 bits per heavy atom. The number of rotatable bonds is 3. The fourth-order valence-corrected chi connectivity index (χ4v) is 7.66. The van der Waals surface area contributed by atoms with Crippen molar-refractivity contribution in [3.63, 3.8) is 0 Å². The molecule has 1 nitrogen and oxygen atoms in total. The third-order valence-corrected chi connectivity index (χ3v) is 10.7. The van der Waals surface area contributed by atoms with Gasteiger partial charge in [0.15, 0.2) is 0 Å². The molecule has 8 aromatic carbocycles. The molecule has 0 unspecified atom stereocenters. The molecule has 0 aliphatic heterocycles. The Balaban J connectivity index is 0.000000125. The smallest absolute Gasteiger partial charge is 0.131 e. The van der Waals surface area contributed by atoms with Crippen LogP contribution < -0.4 is 0 Å². The van der Waals surface area contributed by atoms with E-state index in [4.69, 9.17) is 0 Å². The van der Waals surface area contributed by atoms with Gasteiger partial charge in [-0.2, -0.15) is 0 Å². The van der Waals surface area contributed by atoms with E-state index in [-0.39, 0.29) is 5.82 Å². The number of benzene rings is 8. The summed E-state index contributed by atoms with van der Waals surface area (Å²) in [5.74, 6) is -0.185. The molecule has 256 valence electrons. The van der Waals surface area contributed by atoms with E-state index in [0.717, 1.165) is 20.9 Å². The van der Waals surface area contributed by atoms with Gasteiger partial charge in [0, 0.05) is 30.8 Å². The zero-order chi connectivity index (χ0) is 36.1. The van der Waals surface area contributed by atoms with Gasteiger partial charge in [-0.25, -0.2) is 4.39 Å². The molecule has 0 amide bonds. The predicted octanol–water partition coefficient (Wildman–Crippen LogP) is 14.7. The van der Waals surface area contributed by atoms with Gasteiger partial charge in [0.1, 0.15) is 5.82 Å². The van der Waals surface area contributed by atoms with Crippen LogP contribution in [0.5, 0.6) is 0 Å². The second-order valence-corrected chi connectivity index (χ2v) is 14.7. The van der Waals surface area contributed by atoms with Crippen LogP contribution >= 0.6 is 31.9 Å². The van der Waals surface area contributed by atoms with Crippen LogP contribution in [0.2, 0.25) is 0 Å². The van der Waals surface area contributed by atoms with Crippen molar-refractivity contribution in [2.24, 2.45) is 0 Å².